The van der Waals surface area contributed by atoms with E-state index in [-0.39, 0.29) is 5.91 Å². The third-order valence-electron chi connectivity index (χ3n) is 2.67. The molecule has 2 aromatic heterocycles. The molecule has 2 rings (SSSR count). The lowest BCUT2D eigenvalue weighted by molar-refractivity contribution is 0.0786. The standard InChI is InChI=1S/C12H15N3OS/c1-8-6-10(17-9(8)2)12(16)15(3)7-11-13-4-5-14-11/h4-6H,7H2,1-3H3,(H,13,14). The van der Waals surface area contributed by atoms with E-state index in [2.05, 4.69) is 9.97 Å². The SMILES string of the molecule is Cc1cc(C(=O)N(C)Cc2ncc[nH]2)sc1C. The van der Waals surface area contributed by atoms with Crippen LogP contribution in [0.4, 0.5) is 0 Å². The van der Waals surface area contributed by atoms with Gasteiger partial charge in [-0.2, -0.15) is 0 Å². The maximum Gasteiger partial charge on any atom is 0.264 e. The molecule has 2 aromatic rings. The summed E-state index contributed by atoms with van der Waals surface area (Å²) in [6.45, 7) is 4.56. The number of nitrogens with zero attached hydrogens (tertiary/aromatic N) is 2. The lowest BCUT2D eigenvalue weighted by Gasteiger charge is -2.14. The summed E-state index contributed by atoms with van der Waals surface area (Å²) in [5, 5.41) is 0. The third-order valence-corrected chi connectivity index (χ3v) is 3.81. The molecular formula is C12H15N3OS. The summed E-state index contributed by atoms with van der Waals surface area (Å²) in [5.74, 6) is 0.841. The average molecular weight is 249 g/mol. The van der Waals surface area contributed by atoms with Crippen LogP contribution in [0.5, 0.6) is 0 Å². The molecule has 4 nitrogen and oxygen atoms in total. The fraction of sp³-hybridized carbons (Fsp3) is 0.333. The minimum atomic E-state index is 0.0441. The summed E-state index contributed by atoms with van der Waals surface area (Å²) in [4.78, 5) is 22.9. The van der Waals surface area contributed by atoms with Crippen LogP contribution in [0.2, 0.25) is 0 Å². The maximum absolute atomic E-state index is 12.1. The molecule has 0 aliphatic rings. The quantitative estimate of drug-likeness (QED) is 0.907. The van der Waals surface area contributed by atoms with Crippen molar-refractivity contribution >= 4 is 17.2 Å². The average Bonchev–Trinajstić information content (AvgIpc) is 2.89. The normalized spacial score (nSPS) is 10.5. The van der Waals surface area contributed by atoms with Gasteiger partial charge in [0.25, 0.3) is 5.91 Å². The molecule has 0 atom stereocenters. The Morgan fingerprint density at radius 1 is 1.53 bits per heavy atom. The van der Waals surface area contributed by atoms with Crippen LogP contribution in [0.25, 0.3) is 0 Å². The van der Waals surface area contributed by atoms with Gasteiger partial charge >= 0.3 is 0 Å². The summed E-state index contributed by atoms with van der Waals surface area (Å²) in [5.41, 5.74) is 1.17. The van der Waals surface area contributed by atoms with Crippen LogP contribution in [0.1, 0.15) is 25.9 Å². The van der Waals surface area contributed by atoms with Gasteiger partial charge in [0, 0.05) is 24.3 Å². The van der Waals surface area contributed by atoms with Gasteiger partial charge in [-0.25, -0.2) is 4.98 Å². The molecule has 0 saturated heterocycles. The predicted octanol–water partition coefficient (Wildman–Crippen LogP) is 2.36. The molecule has 0 spiro atoms. The molecule has 0 bridgehead atoms. The van der Waals surface area contributed by atoms with Gasteiger partial charge in [0.1, 0.15) is 5.82 Å². The third kappa shape index (κ3) is 2.55. The van der Waals surface area contributed by atoms with Crippen molar-refractivity contribution in [1.82, 2.24) is 14.9 Å². The highest BCUT2D eigenvalue weighted by molar-refractivity contribution is 7.14. The maximum atomic E-state index is 12.1. The van der Waals surface area contributed by atoms with Crippen LogP contribution in [0.3, 0.4) is 0 Å². The highest BCUT2D eigenvalue weighted by atomic mass is 32.1. The van der Waals surface area contributed by atoms with Gasteiger partial charge in [-0.05, 0) is 25.5 Å². The Morgan fingerprint density at radius 3 is 2.82 bits per heavy atom. The van der Waals surface area contributed by atoms with E-state index < -0.39 is 0 Å². The van der Waals surface area contributed by atoms with Crippen LogP contribution < -0.4 is 0 Å². The number of aryl methyl sites for hydroxylation is 2. The largest absolute Gasteiger partial charge is 0.347 e. The molecule has 0 fully saturated rings. The fourth-order valence-electron chi connectivity index (χ4n) is 1.55. The molecule has 17 heavy (non-hydrogen) atoms. The highest BCUT2D eigenvalue weighted by Crippen LogP contribution is 2.22. The smallest absolute Gasteiger partial charge is 0.264 e. The first-order valence-corrected chi connectivity index (χ1v) is 6.20. The van der Waals surface area contributed by atoms with E-state index in [1.807, 2.05) is 19.9 Å². The van der Waals surface area contributed by atoms with Gasteiger partial charge in [0.15, 0.2) is 0 Å². The van der Waals surface area contributed by atoms with Crippen molar-refractivity contribution in [2.24, 2.45) is 0 Å². The van der Waals surface area contributed by atoms with Crippen molar-refractivity contribution in [3.05, 3.63) is 39.6 Å². The second-order valence-electron chi connectivity index (χ2n) is 4.05. The van der Waals surface area contributed by atoms with E-state index >= 15 is 0 Å². The minimum absolute atomic E-state index is 0.0441. The molecule has 0 saturated carbocycles. The lowest BCUT2D eigenvalue weighted by Crippen LogP contribution is -2.25. The van der Waals surface area contributed by atoms with Crippen LogP contribution >= 0.6 is 11.3 Å². The first kappa shape index (κ1) is 11.9. The number of nitrogens with one attached hydrogen (secondary N) is 1. The van der Waals surface area contributed by atoms with Crippen molar-refractivity contribution in [2.45, 2.75) is 20.4 Å². The van der Waals surface area contributed by atoms with E-state index in [1.165, 1.54) is 10.4 Å². The van der Waals surface area contributed by atoms with Crippen molar-refractivity contribution in [1.29, 1.82) is 0 Å². The summed E-state index contributed by atoms with van der Waals surface area (Å²) in [6.07, 6.45) is 3.44. The molecule has 90 valence electrons. The highest BCUT2D eigenvalue weighted by Gasteiger charge is 2.15. The molecule has 1 amide bonds. The number of hydrogen-bond donors (Lipinski definition) is 1. The second-order valence-corrected chi connectivity index (χ2v) is 5.30. The Morgan fingerprint density at radius 2 is 2.29 bits per heavy atom. The number of carbonyl (C=O) groups excluding carboxylic acids is 1. The number of H-pyrrole nitrogens is 1. The van der Waals surface area contributed by atoms with Crippen LogP contribution in [0.15, 0.2) is 18.5 Å². The predicted molar refractivity (Wildman–Crippen MR) is 68.2 cm³/mol. The number of imidazole rings is 1. The summed E-state index contributed by atoms with van der Waals surface area (Å²) in [6, 6.07) is 1.95. The van der Waals surface area contributed by atoms with Crippen molar-refractivity contribution in [2.75, 3.05) is 7.05 Å². The van der Waals surface area contributed by atoms with Gasteiger partial charge in [-0.15, -0.1) is 11.3 Å². The molecule has 0 aromatic carbocycles. The zero-order valence-electron chi connectivity index (χ0n) is 10.2. The van der Waals surface area contributed by atoms with E-state index in [4.69, 9.17) is 0 Å². The fourth-order valence-corrected chi connectivity index (χ4v) is 2.58. The monoisotopic (exact) mass is 249 g/mol. The molecule has 2 heterocycles. The van der Waals surface area contributed by atoms with E-state index in [0.717, 1.165) is 10.7 Å². The number of aromatic nitrogens is 2. The van der Waals surface area contributed by atoms with Gasteiger partial charge in [-0.3, -0.25) is 4.79 Å². The molecular weight excluding hydrogens is 234 g/mol. The van der Waals surface area contributed by atoms with E-state index in [1.54, 1.807) is 35.7 Å². The second kappa shape index (κ2) is 4.71. The van der Waals surface area contributed by atoms with E-state index in [0.29, 0.717) is 6.54 Å². The molecule has 0 aliphatic carbocycles. The molecule has 5 heteroatoms. The van der Waals surface area contributed by atoms with Crippen LogP contribution in [-0.4, -0.2) is 27.8 Å². The number of carbonyl (C=O) groups is 1. The van der Waals surface area contributed by atoms with Crippen molar-refractivity contribution in [3.63, 3.8) is 0 Å². The zero-order chi connectivity index (χ0) is 12.4. The van der Waals surface area contributed by atoms with E-state index in [9.17, 15) is 4.79 Å². The number of aromatic amines is 1. The first-order chi connectivity index (χ1) is 8.08. The first-order valence-electron chi connectivity index (χ1n) is 5.38. The zero-order valence-corrected chi connectivity index (χ0v) is 11.0. The number of hydrogen-bond acceptors (Lipinski definition) is 3. The Hall–Kier alpha value is -1.62. The minimum Gasteiger partial charge on any atom is -0.347 e. The van der Waals surface area contributed by atoms with Crippen molar-refractivity contribution in [3.8, 4) is 0 Å². The molecule has 0 radical (unpaired) electrons. The Bertz CT molecular complexity index is 496. The number of amides is 1. The number of rotatable bonds is 3. The van der Waals surface area contributed by atoms with Gasteiger partial charge in [0.2, 0.25) is 0 Å². The van der Waals surface area contributed by atoms with Gasteiger partial charge in [0.05, 0.1) is 11.4 Å². The van der Waals surface area contributed by atoms with Crippen LogP contribution in [0, 0.1) is 13.8 Å². The molecule has 0 unspecified atom stereocenters. The van der Waals surface area contributed by atoms with Gasteiger partial charge in [-0.1, -0.05) is 0 Å². The topological polar surface area (TPSA) is 49.0 Å². The van der Waals surface area contributed by atoms with Crippen LogP contribution in [-0.2, 0) is 6.54 Å². The van der Waals surface area contributed by atoms with Crippen molar-refractivity contribution < 1.29 is 4.79 Å². The molecule has 0 aliphatic heterocycles. The Balaban J connectivity index is 2.09. The number of thiophene rings is 1. The summed E-state index contributed by atoms with van der Waals surface area (Å²) < 4.78 is 0. The Labute approximate surface area is 104 Å². The Kier molecular flexibility index (Phi) is 3.28. The summed E-state index contributed by atoms with van der Waals surface area (Å²) >= 11 is 1.54. The molecule has 1 N–H and O–H groups in total. The van der Waals surface area contributed by atoms with Gasteiger partial charge < -0.3 is 9.88 Å². The summed E-state index contributed by atoms with van der Waals surface area (Å²) in [7, 11) is 1.79. The lowest BCUT2D eigenvalue weighted by atomic mass is 10.3.